The van der Waals surface area contributed by atoms with Crippen molar-refractivity contribution in [1.82, 2.24) is 10.2 Å². The highest BCUT2D eigenvalue weighted by Gasteiger charge is 2.22. The molecule has 0 aliphatic carbocycles. The number of ether oxygens (including phenoxy) is 1. The van der Waals surface area contributed by atoms with Crippen LogP contribution in [0, 0.1) is 13.8 Å². The maximum absolute atomic E-state index is 5.11. The molecule has 0 spiro atoms. The Morgan fingerprint density at radius 2 is 2.00 bits per heavy atom. The first-order valence-corrected chi connectivity index (χ1v) is 8.21. The quantitative estimate of drug-likeness (QED) is 0.782. The van der Waals surface area contributed by atoms with Crippen molar-refractivity contribution in [2.45, 2.75) is 45.7 Å². The Morgan fingerprint density at radius 1 is 1.24 bits per heavy atom. The highest BCUT2D eigenvalue weighted by Crippen LogP contribution is 2.22. The number of hydrogen-bond acceptors (Lipinski definition) is 3. The van der Waals surface area contributed by atoms with Crippen LogP contribution in [0.15, 0.2) is 18.2 Å². The number of piperidine rings is 1. The van der Waals surface area contributed by atoms with E-state index in [0.717, 1.165) is 26.2 Å². The fraction of sp³-hybridized carbons (Fsp3) is 0.667. The summed E-state index contributed by atoms with van der Waals surface area (Å²) in [6.45, 7) is 9.61. The van der Waals surface area contributed by atoms with Gasteiger partial charge in [0, 0.05) is 32.8 Å². The zero-order chi connectivity index (χ0) is 15.1. The molecule has 1 aromatic rings. The lowest BCUT2D eigenvalue weighted by Gasteiger charge is -2.36. The van der Waals surface area contributed by atoms with Crippen LogP contribution in [0.5, 0.6) is 0 Å². The van der Waals surface area contributed by atoms with E-state index in [-0.39, 0.29) is 0 Å². The molecule has 3 heteroatoms. The van der Waals surface area contributed by atoms with Crippen LogP contribution < -0.4 is 5.32 Å². The standard InChI is InChI=1S/C18H30N2O/c1-15-7-6-8-16(2)18(15)14-20-11-5-4-9-17(20)13-19-10-12-21-3/h6-8,17,19H,4-5,9-14H2,1-3H3. The first-order chi connectivity index (χ1) is 10.2. The summed E-state index contributed by atoms with van der Waals surface area (Å²) in [5, 5.41) is 3.53. The molecule has 2 rings (SSSR count). The minimum atomic E-state index is 0.662. The van der Waals surface area contributed by atoms with Crippen LogP contribution in [-0.2, 0) is 11.3 Å². The van der Waals surface area contributed by atoms with Crippen molar-refractivity contribution in [3.8, 4) is 0 Å². The number of aryl methyl sites for hydroxylation is 2. The lowest BCUT2D eigenvalue weighted by molar-refractivity contribution is 0.132. The van der Waals surface area contributed by atoms with Gasteiger partial charge in [0.25, 0.3) is 0 Å². The molecule has 1 aromatic carbocycles. The molecule has 0 aromatic heterocycles. The van der Waals surface area contributed by atoms with E-state index in [4.69, 9.17) is 4.74 Å². The third-order valence-electron chi connectivity index (χ3n) is 4.62. The summed E-state index contributed by atoms with van der Waals surface area (Å²) < 4.78 is 5.11. The lowest BCUT2D eigenvalue weighted by Crippen LogP contribution is -2.45. The predicted octanol–water partition coefficient (Wildman–Crippen LogP) is 2.89. The highest BCUT2D eigenvalue weighted by molar-refractivity contribution is 5.33. The van der Waals surface area contributed by atoms with Gasteiger partial charge in [0.15, 0.2) is 0 Å². The fourth-order valence-corrected chi connectivity index (χ4v) is 3.24. The third-order valence-corrected chi connectivity index (χ3v) is 4.62. The highest BCUT2D eigenvalue weighted by atomic mass is 16.5. The van der Waals surface area contributed by atoms with E-state index in [1.165, 1.54) is 42.5 Å². The molecule has 0 radical (unpaired) electrons. The first-order valence-electron chi connectivity index (χ1n) is 8.21. The minimum absolute atomic E-state index is 0.662. The van der Waals surface area contributed by atoms with E-state index in [1.807, 2.05) is 0 Å². The average Bonchev–Trinajstić information content (AvgIpc) is 2.49. The van der Waals surface area contributed by atoms with Gasteiger partial charge in [-0.15, -0.1) is 0 Å². The molecule has 1 unspecified atom stereocenters. The number of benzene rings is 1. The van der Waals surface area contributed by atoms with E-state index in [1.54, 1.807) is 7.11 Å². The SMILES string of the molecule is COCCNCC1CCCCN1Cc1c(C)cccc1C. The van der Waals surface area contributed by atoms with Gasteiger partial charge in [-0.3, -0.25) is 4.90 Å². The van der Waals surface area contributed by atoms with E-state index >= 15 is 0 Å². The van der Waals surface area contributed by atoms with Crippen molar-refractivity contribution in [1.29, 1.82) is 0 Å². The smallest absolute Gasteiger partial charge is 0.0587 e. The molecule has 1 aliphatic heterocycles. The summed E-state index contributed by atoms with van der Waals surface area (Å²) in [5.74, 6) is 0. The van der Waals surface area contributed by atoms with E-state index in [2.05, 4.69) is 42.3 Å². The number of likely N-dealkylation sites (tertiary alicyclic amines) is 1. The van der Waals surface area contributed by atoms with E-state index in [0.29, 0.717) is 6.04 Å². The molecule has 0 bridgehead atoms. The van der Waals surface area contributed by atoms with Gasteiger partial charge in [0.05, 0.1) is 6.61 Å². The maximum Gasteiger partial charge on any atom is 0.0587 e. The van der Waals surface area contributed by atoms with Gasteiger partial charge in [-0.1, -0.05) is 24.6 Å². The summed E-state index contributed by atoms with van der Waals surface area (Å²) >= 11 is 0. The number of methoxy groups -OCH3 is 1. The molecule has 0 amide bonds. The van der Waals surface area contributed by atoms with Crippen LogP contribution in [0.4, 0.5) is 0 Å². The summed E-state index contributed by atoms with van der Waals surface area (Å²) in [6.07, 6.45) is 4.00. The minimum Gasteiger partial charge on any atom is -0.383 e. The van der Waals surface area contributed by atoms with Crippen LogP contribution >= 0.6 is 0 Å². The van der Waals surface area contributed by atoms with Crippen molar-refractivity contribution in [2.24, 2.45) is 0 Å². The van der Waals surface area contributed by atoms with E-state index < -0.39 is 0 Å². The van der Waals surface area contributed by atoms with Gasteiger partial charge in [-0.25, -0.2) is 0 Å². The van der Waals surface area contributed by atoms with E-state index in [9.17, 15) is 0 Å². The van der Waals surface area contributed by atoms with Gasteiger partial charge in [0.1, 0.15) is 0 Å². The normalized spacial score (nSPS) is 19.9. The maximum atomic E-state index is 5.11. The molecule has 1 heterocycles. The Balaban J connectivity index is 1.95. The van der Waals surface area contributed by atoms with Crippen molar-refractivity contribution in [2.75, 3.05) is 33.4 Å². The topological polar surface area (TPSA) is 24.5 Å². The molecular formula is C18H30N2O. The monoisotopic (exact) mass is 290 g/mol. The van der Waals surface area contributed by atoms with Crippen LogP contribution in [0.25, 0.3) is 0 Å². The molecule has 0 saturated carbocycles. The molecular weight excluding hydrogens is 260 g/mol. The summed E-state index contributed by atoms with van der Waals surface area (Å²) in [7, 11) is 1.76. The summed E-state index contributed by atoms with van der Waals surface area (Å²) in [6, 6.07) is 7.29. The number of nitrogens with one attached hydrogen (secondary N) is 1. The fourth-order valence-electron chi connectivity index (χ4n) is 3.24. The summed E-state index contributed by atoms with van der Waals surface area (Å²) in [4.78, 5) is 2.67. The number of nitrogens with zero attached hydrogens (tertiary/aromatic N) is 1. The Kier molecular flexibility index (Phi) is 6.68. The zero-order valence-electron chi connectivity index (χ0n) is 13.8. The Morgan fingerprint density at radius 3 is 2.71 bits per heavy atom. The average molecular weight is 290 g/mol. The number of hydrogen-bond donors (Lipinski definition) is 1. The molecule has 1 saturated heterocycles. The van der Waals surface area contributed by atoms with Crippen molar-refractivity contribution in [3.63, 3.8) is 0 Å². The van der Waals surface area contributed by atoms with Crippen molar-refractivity contribution < 1.29 is 4.74 Å². The van der Waals surface area contributed by atoms with Crippen LogP contribution in [0.1, 0.15) is 36.0 Å². The summed E-state index contributed by atoms with van der Waals surface area (Å²) in [5.41, 5.74) is 4.36. The molecule has 1 aliphatic rings. The van der Waals surface area contributed by atoms with Gasteiger partial charge in [0.2, 0.25) is 0 Å². The van der Waals surface area contributed by atoms with Crippen molar-refractivity contribution >= 4 is 0 Å². The van der Waals surface area contributed by atoms with Gasteiger partial charge >= 0.3 is 0 Å². The first kappa shape index (κ1) is 16.5. The van der Waals surface area contributed by atoms with Gasteiger partial charge in [-0.05, 0) is 49.9 Å². The molecule has 1 N–H and O–H groups in total. The van der Waals surface area contributed by atoms with Gasteiger partial charge < -0.3 is 10.1 Å². The lowest BCUT2D eigenvalue weighted by atomic mass is 9.98. The molecule has 3 nitrogen and oxygen atoms in total. The molecule has 21 heavy (non-hydrogen) atoms. The Hall–Kier alpha value is -0.900. The Bertz CT molecular complexity index is 413. The van der Waals surface area contributed by atoms with Crippen LogP contribution in [-0.4, -0.2) is 44.3 Å². The molecule has 1 atom stereocenters. The largest absolute Gasteiger partial charge is 0.383 e. The number of rotatable bonds is 7. The van der Waals surface area contributed by atoms with Crippen molar-refractivity contribution in [3.05, 3.63) is 34.9 Å². The predicted molar refractivity (Wildman–Crippen MR) is 88.7 cm³/mol. The zero-order valence-corrected chi connectivity index (χ0v) is 13.8. The Labute approximate surface area is 129 Å². The van der Waals surface area contributed by atoms with Crippen LogP contribution in [0.2, 0.25) is 0 Å². The second kappa shape index (κ2) is 8.52. The molecule has 118 valence electrons. The van der Waals surface area contributed by atoms with Gasteiger partial charge in [-0.2, -0.15) is 0 Å². The molecule has 1 fully saturated rings. The third kappa shape index (κ3) is 4.80. The van der Waals surface area contributed by atoms with Crippen LogP contribution in [0.3, 0.4) is 0 Å². The second-order valence-electron chi connectivity index (χ2n) is 6.19. The second-order valence-corrected chi connectivity index (χ2v) is 6.19.